The number of aromatic hydroxyl groups is 1. The minimum Gasteiger partial charge on any atom is -0.503 e. The van der Waals surface area contributed by atoms with Gasteiger partial charge in [0.1, 0.15) is 0 Å². The second kappa shape index (κ2) is 8.93. The Morgan fingerprint density at radius 2 is 1.87 bits per heavy atom. The van der Waals surface area contributed by atoms with Gasteiger partial charge in [0.05, 0.1) is 17.6 Å². The number of methoxy groups -OCH3 is 1. The SMILES string of the molecule is COc1cc(-c2ccc3nccc(N4CCC(C(C)N(C)C)CC4)c3c2)cc(Cl)c1O. The fourth-order valence-corrected chi connectivity index (χ4v) is 4.74. The minimum atomic E-state index is -0.0362. The molecule has 1 aliphatic heterocycles. The summed E-state index contributed by atoms with van der Waals surface area (Å²) >= 11 is 6.23. The molecule has 1 unspecified atom stereocenters. The number of phenols is 1. The molecule has 3 aromatic rings. The molecule has 0 amide bonds. The van der Waals surface area contributed by atoms with Crippen molar-refractivity contribution in [3.63, 3.8) is 0 Å². The minimum absolute atomic E-state index is 0.0362. The molecule has 0 radical (unpaired) electrons. The summed E-state index contributed by atoms with van der Waals surface area (Å²) in [7, 11) is 5.86. The lowest BCUT2D eigenvalue weighted by atomic mass is 9.89. The third-order valence-corrected chi connectivity index (χ3v) is 6.97. The summed E-state index contributed by atoms with van der Waals surface area (Å²) in [6, 6.07) is 12.5. The Kier molecular flexibility index (Phi) is 6.26. The molecule has 31 heavy (non-hydrogen) atoms. The fourth-order valence-electron chi connectivity index (χ4n) is 4.53. The van der Waals surface area contributed by atoms with E-state index in [1.54, 1.807) is 6.07 Å². The molecule has 2 aromatic carbocycles. The summed E-state index contributed by atoms with van der Waals surface area (Å²) in [5.41, 5.74) is 4.11. The molecule has 0 bridgehead atoms. The van der Waals surface area contributed by atoms with Crippen LogP contribution in [0.25, 0.3) is 22.0 Å². The van der Waals surface area contributed by atoms with E-state index in [-0.39, 0.29) is 10.8 Å². The zero-order valence-corrected chi connectivity index (χ0v) is 19.4. The van der Waals surface area contributed by atoms with Crippen molar-refractivity contribution in [2.24, 2.45) is 5.92 Å². The fraction of sp³-hybridized carbons (Fsp3) is 0.400. The third kappa shape index (κ3) is 4.30. The highest BCUT2D eigenvalue weighted by Gasteiger charge is 2.26. The Labute approximate surface area is 189 Å². The highest BCUT2D eigenvalue weighted by atomic mass is 35.5. The summed E-state index contributed by atoms with van der Waals surface area (Å²) in [5.74, 6) is 1.05. The molecule has 1 saturated heterocycles. The predicted molar refractivity (Wildman–Crippen MR) is 128 cm³/mol. The van der Waals surface area contributed by atoms with Gasteiger partial charge in [-0.1, -0.05) is 17.7 Å². The number of fused-ring (bicyclic) bond motifs is 1. The smallest absolute Gasteiger partial charge is 0.176 e. The summed E-state index contributed by atoms with van der Waals surface area (Å²) in [5, 5.41) is 11.5. The Morgan fingerprint density at radius 3 is 2.55 bits per heavy atom. The first-order chi connectivity index (χ1) is 14.9. The van der Waals surface area contributed by atoms with Gasteiger partial charge in [0, 0.05) is 36.4 Å². The zero-order chi connectivity index (χ0) is 22.1. The van der Waals surface area contributed by atoms with Gasteiger partial charge in [-0.05, 0) is 81.2 Å². The maximum Gasteiger partial charge on any atom is 0.176 e. The molecule has 1 N–H and O–H groups in total. The molecule has 1 aromatic heterocycles. The average molecular weight is 440 g/mol. The Bertz CT molecular complexity index is 1080. The van der Waals surface area contributed by atoms with E-state index >= 15 is 0 Å². The number of hydrogen-bond acceptors (Lipinski definition) is 5. The number of phenolic OH excluding ortho intramolecular Hbond substituents is 1. The first-order valence-electron chi connectivity index (χ1n) is 10.8. The number of anilines is 1. The molecule has 6 heteroatoms. The largest absolute Gasteiger partial charge is 0.503 e. The molecule has 5 nitrogen and oxygen atoms in total. The quantitative estimate of drug-likeness (QED) is 0.573. The van der Waals surface area contributed by atoms with Gasteiger partial charge in [0.25, 0.3) is 0 Å². The standard InChI is InChI=1S/C25H30ClN3O2/c1-16(28(2)3)17-8-11-29(12-9-17)23-7-10-27-22-6-5-18(13-20(22)23)19-14-21(26)25(30)24(15-19)31-4/h5-7,10,13-17,30H,8-9,11-12H2,1-4H3. The molecule has 1 atom stereocenters. The highest BCUT2D eigenvalue weighted by molar-refractivity contribution is 6.32. The summed E-state index contributed by atoms with van der Waals surface area (Å²) in [6.45, 7) is 4.42. The maximum absolute atomic E-state index is 10.1. The van der Waals surface area contributed by atoms with Crippen LogP contribution in [0.4, 0.5) is 5.69 Å². The Hall–Kier alpha value is -2.50. The number of piperidine rings is 1. The topological polar surface area (TPSA) is 48.8 Å². The lowest BCUT2D eigenvalue weighted by Gasteiger charge is -2.38. The van der Waals surface area contributed by atoms with Crippen LogP contribution in [0, 0.1) is 5.92 Å². The van der Waals surface area contributed by atoms with Crippen LogP contribution in [0.3, 0.4) is 0 Å². The van der Waals surface area contributed by atoms with Crippen molar-refractivity contribution in [1.82, 2.24) is 9.88 Å². The molecule has 4 rings (SSSR count). The Morgan fingerprint density at radius 1 is 1.13 bits per heavy atom. The van der Waals surface area contributed by atoms with Crippen LogP contribution in [0.15, 0.2) is 42.6 Å². The molecule has 0 saturated carbocycles. The summed E-state index contributed by atoms with van der Waals surface area (Å²) in [6.07, 6.45) is 4.27. The van der Waals surface area contributed by atoms with E-state index < -0.39 is 0 Å². The monoisotopic (exact) mass is 439 g/mol. The van der Waals surface area contributed by atoms with Crippen LogP contribution in [0.5, 0.6) is 11.5 Å². The van der Waals surface area contributed by atoms with Gasteiger partial charge in [0.2, 0.25) is 0 Å². The number of hydrogen-bond donors (Lipinski definition) is 1. The first kappa shape index (κ1) is 21.7. The Balaban J connectivity index is 1.67. The van der Waals surface area contributed by atoms with Crippen molar-refractivity contribution in [1.29, 1.82) is 0 Å². The zero-order valence-electron chi connectivity index (χ0n) is 18.6. The van der Waals surface area contributed by atoms with E-state index in [1.807, 2.05) is 24.4 Å². The second-order valence-corrected chi connectivity index (χ2v) is 9.01. The number of aromatic nitrogens is 1. The molecule has 1 aliphatic rings. The van der Waals surface area contributed by atoms with Crippen LogP contribution in [0.1, 0.15) is 19.8 Å². The van der Waals surface area contributed by atoms with Crippen LogP contribution in [0.2, 0.25) is 5.02 Å². The first-order valence-corrected chi connectivity index (χ1v) is 11.1. The molecular weight excluding hydrogens is 410 g/mol. The van der Waals surface area contributed by atoms with Gasteiger partial charge in [-0.25, -0.2) is 0 Å². The average Bonchev–Trinajstić information content (AvgIpc) is 2.79. The van der Waals surface area contributed by atoms with Gasteiger partial charge in [-0.3, -0.25) is 4.98 Å². The highest BCUT2D eigenvalue weighted by Crippen LogP contribution is 2.40. The molecule has 0 spiro atoms. The maximum atomic E-state index is 10.1. The van der Waals surface area contributed by atoms with E-state index in [4.69, 9.17) is 16.3 Å². The number of nitrogens with zero attached hydrogens (tertiary/aromatic N) is 3. The molecular formula is C25H30ClN3O2. The molecule has 164 valence electrons. The second-order valence-electron chi connectivity index (χ2n) is 8.60. The number of ether oxygens (including phenoxy) is 1. The van der Waals surface area contributed by atoms with E-state index in [1.165, 1.54) is 25.6 Å². The lowest BCUT2D eigenvalue weighted by Crippen LogP contribution is -2.41. The number of rotatable bonds is 5. The van der Waals surface area contributed by atoms with Crippen LogP contribution < -0.4 is 9.64 Å². The van der Waals surface area contributed by atoms with Crippen molar-refractivity contribution in [3.8, 4) is 22.6 Å². The van der Waals surface area contributed by atoms with Crippen molar-refractivity contribution >= 4 is 28.2 Å². The number of halogens is 1. The summed E-state index contributed by atoms with van der Waals surface area (Å²) in [4.78, 5) is 9.39. The van der Waals surface area contributed by atoms with E-state index in [9.17, 15) is 5.11 Å². The van der Waals surface area contributed by atoms with Gasteiger partial charge in [-0.2, -0.15) is 0 Å². The molecule has 0 aliphatic carbocycles. The normalized spacial score (nSPS) is 16.1. The molecule has 2 heterocycles. The van der Waals surface area contributed by atoms with E-state index in [0.717, 1.165) is 41.0 Å². The van der Waals surface area contributed by atoms with Crippen LogP contribution in [-0.4, -0.2) is 55.3 Å². The third-order valence-electron chi connectivity index (χ3n) is 6.68. The van der Waals surface area contributed by atoms with E-state index in [0.29, 0.717) is 11.8 Å². The molecule has 1 fully saturated rings. The number of benzene rings is 2. The van der Waals surface area contributed by atoms with E-state index in [2.05, 4.69) is 47.9 Å². The van der Waals surface area contributed by atoms with Crippen molar-refractivity contribution in [3.05, 3.63) is 47.6 Å². The van der Waals surface area contributed by atoms with Crippen molar-refractivity contribution < 1.29 is 9.84 Å². The van der Waals surface area contributed by atoms with Gasteiger partial charge in [-0.15, -0.1) is 0 Å². The van der Waals surface area contributed by atoms with Crippen LogP contribution >= 0.6 is 11.6 Å². The van der Waals surface area contributed by atoms with Crippen molar-refractivity contribution in [2.75, 3.05) is 39.2 Å². The lowest BCUT2D eigenvalue weighted by molar-refractivity contribution is 0.199. The number of pyridine rings is 1. The van der Waals surface area contributed by atoms with Gasteiger partial charge >= 0.3 is 0 Å². The van der Waals surface area contributed by atoms with Gasteiger partial charge < -0.3 is 19.6 Å². The van der Waals surface area contributed by atoms with Crippen LogP contribution in [-0.2, 0) is 0 Å². The van der Waals surface area contributed by atoms with Crippen molar-refractivity contribution in [2.45, 2.75) is 25.8 Å². The summed E-state index contributed by atoms with van der Waals surface area (Å²) < 4.78 is 5.28. The predicted octanol–water partition coefficient (Wildman–Crippen LogP) is 5.44. The van der Waals surface area contributed by atoms with Gasteiger partial charge in [0.15, 0.2) is 11.5 Å².